The number of benzene rings is 1. The van der Waals surface area contributed by atoms with Crippen LogP contribution >= 0.6 is 0 Å². The first-order chi connectivity index (χ1) is 8.72. The molecule has 4 heteroatoms. The zero-order valence-electron chi connectivity index (χ0n) is 10.3. The van der Waals surface area contributed by atoms with Crippen molar-refractivity contribution in [1.29, 1.82) is 0 Å². The normalized spacial score (nSPS) is 10.3. The van der Waals surface area contributed by atoms with Crippen molar-refractivity contribution in [1.82, 2.24) is 4.90 Å². The molecule has 18 heavy (non-hydrogen) atoms. The molecule has 2 rings (SSSR count). The molecule has 1 aromatic heterocycles. The molecular weight excluding hydrogens is 228 g/mol. The molecule has 0 spiro atoms. The lowest BCUT2D eigenvalue weighted by molar-refractivity contribution is 0.0753. The molecule has 94 valence electrons. The Labute approximate surface area is 106 Å². The number of carbonyl (C=O) groups excluding carboxylic acids is 1. The van der Waals surface area contributed by atoms with Gasteiger partial charge >= 0.3 is 0 Å². The van der Waals surface area contributed by atoms with Crippen molar-refractivity contribution in [3.05, 3.63) is 59.5 Å². The van der Waals surface area contributed by atoms with Gasteiger partial charge < -0.3 is 15.1 Å². The van der Waals surface area contributed by atoms with Gasteiger partial charge in [0.05, 0.1) is 6.26 Å². The minimum Gasteiger partial charge on any atom is -0.459 e. The van der Waals surface area contributed by atoms with E-state index in [1.807, 2.05) is 24.3 Å². The fourth-order valence-corrected chi connectivity index (χ4v) is 1.83. The highest BCUT2D eigenvalue weighted by Crippen LogP contribution is 2.12. The van der Waals surface area contributed by atoms with Crippen LogP contribution in [0.5, 0.6) is 0 Å². The summed E-state index contributed by atoms with van der Waals surface area (Å²) in [5, 5.41) is 0. The molecule has 0 bridgehead atoms. The van der Waals surface area contributed by atoms with Crippen molar-refractivity contribution in [2.24, 2.45) is 5.73 Å². The number of hydrogen-bond donors (Lipinski definition) is 1. The average Bonchev–Trinajstić information content (AvgIpc) is 2.92. The van der Waals surface area contributed by atoms with Crippen molar-refractivity contribution in [3.8, 4) is 0 Å². The zero-order valence-corrected chi connectivity index (χ0v) is 10.3. The Hall–Kier alpha value is -2.07. The maximum Gasteiger partial charge on any atom is 0.289 e. The van der Waals surface area contributed by atoms with Gasteiger partial charge in [-0.3, -0.25) is 4.79 Å². The Balaban J connectivity index is 2.11. The highest BCUT2D eigenvalue weighted by atomic mass is 16.3. The molecule has 1 heterocycles. The van der Waals surface area contributed by atoms with Gasteiger partial charge in [0.15, 0.2) is 5.76 Å². The topological polar surface area (TPSA) is 59.5 Å². The molecular formula is C14H16N2O2. The van der Waals surface area contributed by atoms with Crippen LogP contribution in [-0.4, -0.2) is 17.9 Å². The molecule has 0 unspecified atom stereocenters. The fraction of sp³-hybridized carbons (Fsp3) is 0.214. The highest BCUT2D eigenvalue weighted by Gasteiger charge is 2.15. The molecule has 0 saturated heterocycles. The van der Waals surface area contributed by atoms with Crippen molar-refractivity contribution in [2.45, 2.75) is 13.1 Å². The van der Waals surface area contributed by atoms with Crippen LogP contribution in [-0.2, 0) is 13.1 Å². The Kier molecular flexibility index (Phi) is 3.79. The largest absolute Gasteiger partial charge is 0.459 e. The molecule has 0 atom stereocenters. The first-order valence-electron chi connectivity index (χ1n) is 5.78. The van der Waals surface area contributed by atoms with E-state index in [0.29, 0.717) is 18.8 Å². The van der Waals surface area contributed by atoms with E-state index in [-0.39, 0.29) is 5.91 Å². The molecule has 0 radical (unpaired) electrons. The van der Waals surface area contributed by atoms with E-state index in [0.717, 1.165) is 11.1 Å². The van der Waals surface area contributed by atoms with E-state index in [1.54, 1.807) is 24.1 Å². The molecule has 1 amide bonds. The molecule has 2 aromatic rings. The zero-order chi connectivity index (χ0) is 13.0. The van der Waals surface area contributed by atoms with Gasteiger partial charge in [-0.1, -0.05) is 24.3 Å². The number of nitrogens with zero attached hydrogens (tertiary/aromatic N) is 1. The maximum absolute atomic E-state index is 12.0. The van der Waals surface area contributed by atoms with E-state index >= 15 is 0 Å². The Morgan fingerprint density at radius 2 is 1.94 bits per heavy atom. The molecule has 0 aliphatic heterocycles. The molecule has 0 aliphatic rings. The van der Waals surface area contributed by atoms with Crippen LogP contribution in [0.3, 0.4) is 0 Å². The number of amides is 1. The first kappa shape index (κ1) is 12.4. The second kappa shape index (κ2) is 5.51. The average molecular weight is 244 g/mol. The predicted molar refractivity (Wildman–Crippen MR) is 68.8 cm³/mol. The van der Waals surface area contributed by atoms with Gasteiger partial charge in [-0.25, -0.2) is 0 Å². The van der Waals surface area contributed by atoms with Crippen LogP contribution < -0.4 is 5.73 Å². The summed E-state index contributed by atoms with van der Waals surface area (Å²) in [5.41, 5.74) is 7.79. The van der Waals surface area contributed by atoms with E-state index in [2.05, 4.69) is 0 Å². The van der Waals surface area contributed by atoms with Gasteiger partial charge in [0.1, 0.15) is 0 Å². The molecule has 0 fully saturated rings. The summed E-state index contributed by atoms with van der Waals surface area (Å²) in [6, 6.07) is 11.2. The van der Waals surface area contributed by atoms with Gasteiger partial charge in [-0.2, -0.15) is 0 Å². The second-order valence-electron chi connectivity index (χ2n) is 4.11. The molecule has 0 saturated carbocycles. The monoisotopic (exact) mass is 244 g/mol. The number of hydrogen-bond acceptors (Lipinski definition) is 3. The number of furan rings is 1. The summed E-state index contributed by atoms with van der Waals surface area (Å²) >= 11 is 0. The fourth-order valence-electron chi connectivity index (χ4n) is 1.83. The Morgan fingerprint density at radius 3 is 2.56 bits per heavy atom. The van der Waals surface area contributed by atoms with Gasteiger partial charge in [0.2, 0.25) is 0 Å². The van der Waals surface area contributed by atoms with Gasteiger partial charge in [-0.15, -0.1) is 0 Å². The third-order valence-electron chi connectivity index (χ3n) is 2.82. The van der Waals surface area contributed by atoms with Crippen LogP contribution in [0.1, 0.15) is 21.7 Å². The predicted octanol–water partition coefficient (Wildman–Crippen LogP) is 2.01. The lowest BCUT2D eigenvalue weighted by Crippen LogP contribution is -2.26. The third-order valence-corrected chi connectivity index (χ3v) is 2.82. The van der Waals surface area contributed by atoms with Gasteiger partial charge in [0.25, 0.3) is 5.91 Å². The smallest absolute Gasteiger partial charge is 0.289 e. The lowest BCUT2D eigenvalue weighted by Gasteiger charge is -2.17. The Bertz CT molecular complexity index is 520. The summed E-state index contributed by atoms with van der Waals surface area (Å²) in [6.45, 7) is 0.992. The molecule has 4 nitrogen and oxygen atoms in total. The van der Waals surface area contributed by atoms with Crippen molar-refractivity contribution in [2.75, 3.05) is 7.05 Å². The standard InChI is InChI=1S/C14H16N2O2/c1-16(14(17)13-7-4-8-18-13)10-12-6-3-2-5-11(12)9-15/h2-8H,9-10,15H2,1H3. The van der Waals surface area contributed by atoms with E-state index in [9.17, 15) is 4.79 Å². The number of nitrogens with two attached hydrogens (primary N) is 1. The summed E-state index contributed by atoms with van der Waals surface area (Å²) in [7, 11) is 1.75. The minimum atomic E-state index is -0.133. The number of carbonyl (C=O) groups is 1. The molecule has 2 N–H and O–H groups in total. The third kappa shape index (κ3) is 2.60. The highest BCUT2D eigenvalue weighted by molar-refractivity contribution is 5.91. The Morgan fingerprint density at radius 1 is 1.22 bits per heavy atom. The quantitative estimate of drug-likeness (QED) is 0.895. The van der Waals surface area contributed by atoms with E-state index < -0.39 is 0 Å². The van der Waals surface area contributed by atoms with Crippen molar-refractivity contribution in [3.63, 3.8) is 0 Å². The summed E-state index contributed by atoms with van der Waals surface area (Å²) in [5.74, 6) is 0.217. The lowest BCUT2D eigenvalue weighted by atomic mass is 10.1. The number of rotatable bonds is 4. The van der Waals surface area contributed by atoms with Crippen LogP contribution in [0.15, 0.2) is 47.1 Å². The second-order valence-corrected chi connectivity index (χ2v) is 4.11. The van der Waals surface area contributed by atoms with Crippen molar-refractivity contribution >= 4 is 5.91 Å². The first-order valence-corrected chi connectivity index (χ1v) is 5.78. The van der Waals surface area contributed by atoms with Crippen LogP contribution in [0, 0.1) is 0 Å². The van der Waals surface area contributed by atoms with Gasteiger partial charge in [0, 0.05) is 20.1 Å². The maximum atomic E-state index is 12.0. The molecule has 1 aromatic carbocycles. The summed E-state index contributed by atoms with van der Waals surface area (Å²) in [4.78, 5) is 13.6. The summed E-state index contributed by atoms with van der Waals surface area (Å²) in [6.07, 6.45) is 1.49. The van der Waals surface area contributed by atoms with Crippen LogP contribution in [0.2, 0.25) is 0 Å². The molecule has 0 aliphatic carbocycles. The minimum absolute atomic E-state index is 0.133. The SMILES string of the molecule is CN(Cc1ccccc1CN)C(=O)c1ccco1. The summed E-state index contributed by atoms with van der Waals surface area (Å²) < 4.78 is 5.09. The van der Waals surface area contributed by atoms with E-state index in [1.165, 1.54) is 6.26 Å². The van der Waals surface area contributed by atoms with Gasteiger partial charge in [-0.05, 0) is 23.3 Å². The van der Waals surface area contributed by atoms with Crippen molar-refractivity contribution < 1.29 is 9.21 Å². The van der Waals surface area contributed by atoms with Crippen LogP contribution in [0.25, 0.3) is 0 Å². The van der Waals surface area contributed by atoms with Crippen LogP contribution in [0.4, 0.5) is 0 Å². The van der Waals surface area contributed by atoms with E-state index in [4.69, 9.17) is 10.2 Å².